The van der Waals surface area contributed by atoms with Crippen molar-refractivity contribution in [2.24, 2.45) is 0 Å². The normalized spacial score (nSPS) is 14.0. The Kier molecular flexibility index (Phi) is 7.99. The van der Waals surface area contributed by atoms with E-state index in [-0.39, 0.29) is 0 Å². The van der Waals surface area contributed by atoms with E-state index in [0.29, 0.717) is 5.92 Å². The van der Waals surface area contributed by atoms with Crippen molar-refractivity contribution < 1.29 is 0 Å². The Labute approximate surface area is 265 Å². The van der Waals surface area contributed by atoms with Crippen molar-refractivity contribution in [3.05, 3.63) is 175 Å². The molecular formula is C42H33NS. The zero-order valence-electron chi connectivity index (χ0n) is 24.4. The molecule has 212 valence electrons. The van der Waals surface area contributed by atoms with Gasteiger partial charge >= 0.3 is 0 Å². The molecule has 44 heavy (non-hydrogen) atoms. The van der Waals surface area contributed by atoms with Crippen LogP contribution in [0.25, 0.3) is 44.5 Å². The Morgan fingerprint density at radius 1 is 0.500 bits per heavy atom. The zero-order valence-corrected chi connectivity index (χ0v) is 25.3. The predicted octanol–water partition coefficient (Wildman–Crippen LogP) is 12.0. The summed E-state index contributed by atoms with van der Waals surface area (Å²) < 4.78 is 0. The average Bonchev–Trinajstić information content (AvgIpc) is 3.10. The summed E-state index contributed by atoms with van der Waals surface area (Å²) in [7, 11) is 0. The van der Waals surface area contributed by atoms with E-state index < -0.39 is 0 Å². The summed E-state index contributed by atoms with van der Waals surface area (Å²) >= 11 is 4.88. The number of rotatable bonds is 7. The van der Waals surface area contributed by atoms with E-state index in [1.807, 2.05) is 12.1 Å². The molecule has 0 aliphatic heterocycles. The van der Waals surface area contributed by atoms with E-state index in [1.165, 1.54) is 22.3 Å². The van der Waals surface area contributed by atoms with Crippen molar-refractivity contribution >= 4 is 24.0 Å². The Morgan fingerprint density at radius 2 is 1.16 bits per heavy atom. The number of hydrogen-bond acceptors (Lipinski definition) is 2. The molecule has 1 atom stereocenters. The van der Waals surface area contributed by atoms with Crippen molar-refractivity contribution in [3.8, 4) is 44.5 Å². The smallest absolute Gasteiger partial charge is 0.0464 e. The maximum atomic E-state index is 4.88. The summed E-state index contributed by atoms with van der Waals surface area (Å²) in [6.45, 7) is 0. The third-order valence-corrected chi connectivity index (χ3v) is 8.66. The molecule has 0 saturated heterocycles. The summed E-state index contributed by atoms with van der Waals surface area (Å²) in [6.07, 6.45) is 9.87. The fraction of sp³-hybridized carbons (Fsp3) is 0.0476. The van der Waals surface area contributed by atoms with Crippen LogP contribution in [0.1, 0.15) is 17.9 Å². The second kappa shape index (κ2) is 12.7. The second-order valence-corrected chi connectivity index (χ2v) is 11.7. The third kappa shape index (κ3) is 6.04. The zero-order chi connectivity index (χ0) is 29.7. The summed E-state index contributed by atoms with van der Waals surface area (Å²) in [5.74, 6) is 0.417. The first-order valence-electron chi connectivity index (χ1n) is 15.1. The van der Waals surface area contributed by atoms with Gasteiger partial charge in [-0.3, -0.25) is 0 Å². The van der Waals surface area contributed by atoms with Gasteiger partial charge in [-0.1, -0.05) is 133 Å². The van der Waals surface area contributed by atoms with Crippen molar-refractivity contribution in [2.45, 2.75) is 17.2 Å². The number of nitrogens with one attached hydrogen (secondary N) is 1. The first-order chi connectivity index (χ1) is 21.7. The standard InChI is InChI=1S/C42H33NS/c44-42-29-36(22-24-39(42)31-14-6-2-7-15-31)34-18-11-19-37(27-34)40-28-35(23-25-41(40)43-38-20-8-3-9-21-38)33-17-10-16-32(26-33)30-12-4-1-5-13-30/h1-12,14-30,43-44H,13H2. The van der Waals surface area contributed by atoms with Gasteiger partial charge < -0.3 is 5.32 Å². The van der Waals surface area contributed by atoms with Gasteiger partial charge in [0, 0.05) is 27.8 Å². The molecule has 0 heterocycles. The van der Waals surface area contributed by atoms with Crippen molar-refractivity contribution in [1.82, 2.24) is 0 Å². The molecule has 7 rings (SSSR count). The lowest BCUT2D eigenvalue weighted by Crippen LogP contribution is -1.97. The van der Waals surface area contributed by atoms with Gasteiger partial charge in [-0.2, -0.15) is 0 Å². The maximum absolute atomic E-state index is 4.88. The molecule has 1 nitrogen and oxygen atoms in total. The highest BCUT2D eigenvalue weighted by Crippen LogP contribution is 2.38. The molecule has 6 aromatic rings. The summed E-state index contributed by atoms with van der Waals surface area (Å²) in [5, 5.41) is 3.68. The van der Waals surface area contributed by atoms with E-state index >= 15 is 0 Å². The minimum Gasteiger partial charge on any atom is -0.355 e. The van der Waals surface area contributed by atoms with Crippen LogP contribution in [0.4, 0.5) is 11.4 Å². The quantitative estimate of drug-likeness (QED) is 0.178. The van der Waals surface area contributed by atoms with Gasteiger partial charge in [0.1, 0.15) is 0 Å². The van der Waals surface area contributed by atoms with E-state index in [4.69, 9.17) is 12.6 Å². The molecule has 1 unspecified atom stereocenters. The molecule has 6 aromatic carbocycles. The second-order valence-electron chi connectivity index (χ2n) is 11.2. The number of allylic oxidation sites excluding steroid dienone is 4. The first kappa shape index (κ1) is 27.8. The van der Waals surface area contributed by atoms with E-state index in [0.717, 1.165) is 50.5 Å². The molecule has 0 aromatic heterocycles. The van der Waals surface area contributed by atoms with E-state index in [9.17, 15) is 0 Å². The van der Waals surface area contributed by atoms with Crippen LogP contribution in [-0.2, 0) is 0 Å². The minimum atomic E-state index is 0.417. The third-order valence-electron chi connectivity index (χ3n) is 8.29. The minimum absolute atomic E-state index is 0.417. The SMILES string of the molecule is Sc1cc(-c2cccc(-c3cc(-c4cccc(C5C=CC=CC5)c4)ccc3Nc3ccccc3)c2)ccc1-c1ccccc1. The number of hydrogen-bond donors (Lipinski definition) is 2. The van der Waals surface area contributed by atoms with Crippen LogP contribution < -0.4 is 5.32 Å². The molecule has 1 aliphatic rings. The van der Waals surface area contributed by atoms with Gasteiger partial charge in [-0.05, 0) is 87.3 Å². The highest BCUT2D eigenvalue weighted by atomic mass is 32.1. The number of benzene rings is 6. The maximum Gasteiger partial charge on any atom is 0.0464 e. The molecule has 0 radical (unpaired) electrons. The molecule has 1 N–H and O–H groups in total. The van der Waals surface area contributed by atoms with Crippen LogP contribution >= 0.6 is 12.6 Å². The fourth-order valence-corrected chi connectivity index (χ4v) is 6.31. The topological polar surface area (TPSA) is 12.0 Å². The van der Waals surface area contributed by atoms with Gasteiger partial charge in [-0.15, -0.1) is 12.6 Å². The van der Waals surface area contributed by atoms with Crippen LogP contribution in [0.5, 0.6) is 0 Å². The number of para-hydroxylation sites is 1. The Balaban J connectivity index is 1.28. The molecule has 0 fully saturated rings. The van der Waals surface area contributed by atoms with Gasteiger partial charge in [0.05, 0.1) is 0 Å². The van der Waals surface area contributed by atoms with Crippen LogP contribution in [0.2, 0.25) is 0 Å². The van der Waals surface area contributed by atoms with Gasteiger partial charge in [0.15, 0.2) is 0 Å². The fourth-order valence-electron chi connectivity index (χ4n) is 5.96. The molecular weight excluding hydrogens is 551 g/mol. The largest absolute Gasteiger partial charge is 0.355 e. The Bertz CT molecular complexity index is 1970. The van der Waals surface area contributed by atoms with Crippen molar-refractivity contribution in [3.63, 3.8) is 0 Å². The van der Waals surface area contributed by atoms with Crippen LogP contribution in [0.3, 0.4) is 0 Å². The highest BCUT2D eigenvalue weighted by Gasteiger charge is 2.13. The molecule has 0 amide bonds. The molecule has 2 heteroatoms. The Hall–Kier alpha value is -5.05. The van der Waals surface area contributed by atoms with Gasteiger partial charge in [0.2, 0.25) is 0 Å². The monoisotopic (exact) mass is 583 g/mol. The molecule has 0 saturated carbocycles. The van der Waals surface area contributed by atoms with E-state index in [1.54, 1.807) is 0 Å². The summed E-state index contributed by atoms with van der Waals surface area (Å²) in [4.78, 5) is 0.968. The molecule has 0 bridgehead atoms. The lowest BCUT2D eigenvalue weighted by molar-refractivity contribution is 0.854. The summed E-state index contributed by atoms with van der Waals surface area (Å²) in [6, 6.07) is 51.9. The molecule has 1 aliphatic carbocycles. The van der Waals surface area contributed by atoms with Crippen molar-refractivity contribution in [1.29, 1.82) is 0 Å². The highest BCUT2D eigenvalue weighted by molar-refractivity contribution is 7.80. The lowest BCUT2D eigenvalue weighted by atomic mass is 9.89. The molecule has 0 spiro atoms. The van der Waals surface area contributed by atoms with Gasteiger partial charge in [0.25, 0.3) is 0 Å². The number of anilines is 2. The van der Waals surface area contributed by atoms with E-state index in [2.05, 4.69) is 163 Å². The first-order valence-corrected chi connectivity index (χ1v) is 15.5. The van der Waals surface area contributed by atoms with Crippen LogP contribution in [-0.4, -0.2) is 0 Å². The predicted molar refractivity (Wildman–Crippen MR) is 191 cm³/mol. The Morgan fingerprint density at radius 3 is 1.93 bits per heavy atom. The van der Waals surface area contributed by atoms with Crippen LogP contribution in [0, 0.1) is 0 Å². The van der Waals surface area contributed by atoms with Gasteiger partial charge in [-0.25, -0.2) is 0 Å². The van der Waals surface area contributed by atoms with Crippen molar-refractivity contribution in [2.75, 3.05) is 5.32 Å². The average molecular weight is 584 g/mol. The summed E-state index contributed by atoms with van der Waals surface area (Å²) in [5.41, 5.74) is 12.8. The lowest BCUT2D eigenvalue weighted by Gasteiger charge is -2.17. The van der Waals surface area contributed by atoms with Crippen LogP contribution in [0.15, 0.2) is 175 Å². The number of thiol groups is 1.